The first-order valence-corrected chi connectivity index (χ1v) is 9.74. The zero-order valence-corrected chi connectivity index (χ0v) is 17.9. The van der Waals surface area contributed by atoms with Gasteiger partial charge in [-0.25, -0.2) is 4.39 Å². The molecule has 0 bridgehead atoms. The highest BCUT2D eigenvalue weighted by atomic mass is 79.9. The third-order valence-electron chi connectivity index (χ3n) is 4.33. The van der Waals surface area contributed by atoms with Gasteiger partial charge in [-0.15, -0.1) is 0 Å². The van der Waals surface area contributed by atoms with Crippen molar-refractivity contribution < 1.29 is 18.7 Å². The molecule has 2 amide bonds. The maximum absolute atomic E-state index is 13.1. The summed E-state index contributed by atoms with van der Waals surface area (Å²) >= 11 is 3.21. The number of amides is 2. The zero-order chi connectivity index (χ0) is 20.8. The molecule has 150 valence electrons. The van der Waals surface area contributed by atoms with E-state index < -0.39 is 11.9 Å². The fraction of sp³-hybridized carbons (Fsp3) is 0.333. The van der Waals surface area contributed by atoms with Gasteiger partial charge < -0.3 is 15.0 Å². The van der Waals surface area contributed by atoms with Crippen molar-refractivity contribution >= 4 is 27.7 Å². The fourth-order valence-electron chi connectivity index (χ4n) is 2.35. The van der Waals surface area contributed by atoms with E-state index in [0.29, 0.717) is 22.3 Å². The Balaban J connectivity index is 1.90. The summed E-state index contributed by atoms with van der Waals surface area (Å²) in [7, 11) is 1.77. The first-order chi connectivity index (χ1) is 13.2. The van der Waals surface area contributed by atoms with Gasteiger partial charge in [0.15, 0.2) is 6.10 Å². The quantitative estimate of drug-likeness (QED) is 0.688. The van der Waals surface area contributed by atoms with Crippen LogP contribution in [0, 0.1) is 5.82 Å². The minimum absolute atomic E-state index is 0.0440. The number of carbonyl (C=O) groups is 2. The first-order valence-electron chi connectivity index (χ1n) is 8.94. The van der Waals surface area contributed by atoms with Crippen LogP contribution < -0.4 is 10.1 Å². The minimum Gasteiger partial charge on any atom is -0.480 e. The van der Waals surface area contributed by atoms with E-state index in [9.17, 15) is 14.0 Å². The molecule has 0 aliphatic rings. The number of ether oxygens (including phenoxy) is 1. The summed E-state index contributed by atoms with van der Waals surface area (Å²) < 4.78 is 19.1. The van der Waals surface area contributed by atoms with Gasteiger partial charge in [-0.1, -0.05) is 12.1 Å². The van der Waals surface area contributed by atoms with E-state index in [-0.39, 0.29) is 17.9 Å². The Labute approximate surface area is 173 Å². The summed E-state index contributed by atoms with van der Waals surface area (Å²) in [5, 5.41) is 2.79. The molecule has 2 rings (SSSR count). The third kappa shape index (κ3) is 5.79. The van der Waals surface area contributed by atoms with Crippen LogP contribution in [0.5, 0.6) is 5.75 Å². The Kier molecular flexibility index (Phi) is 7.57. The molecule has 1 atom stereocenters. The van der Waals surface area contributed by atoms with Gasteiger partial charge in [0.1, 0.15) is 11.6 Å². The summed E-state index contributed by atoms with van der Waals surface area (Å²) in [6.07, 6.45) is -0.748. The largest absolute Gasteiger partial charge is 0.480 e. The van der Waals surface area contributed by atoms with Crippen molar-refractivity contribution in [2.45, 2.75) is 39.5 Å². The maximum Gasteiger partial charge on any atom is 0.261 e. The molecule has 0 aliphatic heterocycles. The molecule has 0 spiro atoms. The maximum atomic E-state index is 13.1. The predicted octanol–water partition coefficient (Wildman–Crippen LogP) is 4.15. The van der Waals surface area contributed by atoms with Crippen molar-refractivity contribution in [1.82, 2.24) is 10.2 Å². The van der Waals surface area contributed by atoms with Crippen LogP contribution in [0.4, 0.5) is 4.39 Å². The molecule has 28 heavy (non-hydrogen) atoms. The summed E-state index contributed by atoms with van der Waals surface area (Å²) in [4.78, 5) is 26.2. The molecule has 0 saturated heterocycles. The number of hydrogen-bond donors (Lipinski definition) is 1. The molecular weight excluding hydrogens is 427 g/mol. The molecule has 0 radical (unpaired) electrons. The number of hydrogen-bond acceptors (Lipinski definition) is 3. The molecule has 0 heterocycles. The van der Waals surface area contributed by atoms with Gasteiger partial charge in [-0.05, 0) is 72.6 Å². The van der Waals surface area contributed by atoms with Gasteiger partial charge in [0.2, 0.25) is 0 Å². The lowest BCUT2D eigenvalue weighted by molar-refractivity contribution is -0.127. The predicted molar refractivity (Wildman–Crippen MR) is 110 cm³/mol. The normalized spacial score (nSPS) is 11.8. The molecule has 0 aromatic heterocycles. The standard InChI is InChI=1S/C21H24BrFN2O3/c1-13(2)25(4)21(27)16-7-5-15(6-8-16)12-24-20(26)14(3)28-19-10-9-17(23)11-18(19)22/h5-11,13-14H,12H2,1-4H3,(H,24,26). The second-order valence-corrected chi connectivity index (χ2v) is 7.61. The van der Waals surface area contributed by atoms with Gasteiger partial charge in [0.25, 0.3) is 11.8 Å². The summed E-state index contributed by atoms with van der Waals surface area (Å²) in [5.74, 6) is -0.340. The first kappa shape index (κ1) is 21.9. The Morgan fingerprint density at radius 2 is 1.79 bits per heavy atom. The number of halogens is 2. The third-order valence-corrected chi connectivity index (χ3v) is 4.95. The van der Waals surface area contributed by atoms with Crippen LogP contribution in [-0.2, 0) is 11.3 Å². The minimum atomic E-state index is -0.748. The molecule has 0 fully saturated rings. The molecular formula is C21H24BrFN2O3. The molecule has 5 nitrogen and oxygen atoms in total. The Morgan fingerprint density at radius 1 is 1.14 bits per heavy atom. The lowest BCUT2D eigenvalue weighted by atomic mass is 10.1. The van der Waals surface area contributed by atoms with Crippen LogP contribution in [0.2, 0.25) is 0 Å². The van der Waals surface area contributed by atoms with Crippen LogP contribution in [0.25, 0.3) is 0 Å². The summed E-state index contributed by atoms with van der Waals surface area (Å²) in [6.45, 7) is 5.84. The second-order valence-electron chi connectivity index (χ2n) is 6.76. The highest BCUT2D eigenvalue weighted by Gasteiger charge is 2.17. The van der Waals surface area contributed by atoms with Crippen LogP contribution in [0.15, 0.2) is 46.9 Å². The highest BCUT2D eigenvalue weighted by Crippen LogP contribution is 2.26. The van der Waals surface area contributed by atoms with E-state index in [2.05, 4.69) is 21.2 Å². The topological polar surface area (TPSA) is 58.6 Å². The number of nitrogens with zero attached hydrogens (tertiary/aromatic N) is 1. The van der Waals surface area contributed by atoms with Crippen molar-refractivity contribution in [2.24, 2.45) is 0 Å². The van der Waals surface area contributed by atoms with Gasteiger partial charge in [-0.3, -0.25) is 9.59 Å². The van der Waals surface area contributed by atoms with E-state index in [1.165, 1.54) is 18.2 Å². The van der Waals surface area contributed by atoms with Crippen LogP contribution in [-0.4, -0.2) is 35.9 Å². The number of benzene rings is 2. The number of rotatable bonds is 7. The van der Waals surface area contributed by atoms with Crippen molar-refractivity contribution in [3.63, 3.8) is 0 Å². The lowest BCUT2D eigenvalue weighted by Gasteiger charge is -2.21. The van der Waals surface area contributed by atoms with E-state index in [1.807, 2.05) is 26.0 Å². The molecule has 1 unspecified atom stereocenters. The second kappa shape index (κ2) is 9.68. The highest BCUT2D eigenvalue weighted by molar-refractivity contribution is 9.10. The SMILES string of the molecule is CC(Oc1ccc(F)cc1Br)C(=O)NCc1ccc(C(=O)N(C)C(C)C)cc1. The molecule has 2 aromatic rings. The van der Waals surface area contributed by atoms with Crippen molar-refractivity contribution in [1.29, 1.82) is 0 Å². The Morgan fingerprint density at radius 3 is 2.36 bits per heavy atom. The molecule has 0 aliphatic carbocycles. The fourth-order valence-corrected chi connectivity index (χ4v) is 2.80. The van der Waals surface area contributed by atoms with Gasteiger partial charge in [0, 0.05) is 25.2 Å². The van der Waals surface area contributed by atoms with Crippen molar-refractivity contribution in [3.8, 4) is 5.75 Å². The summed E-state index contributed by atoms with van der Waals surface area (Å²) in [6, 6.07) is 11.2. The Hall–Kier alpha value is -2.41. The average Bonchev–Trinajstić information content (AvgIpc) is 2.67. The number of carbonyl (C=O) groups excluding carboxylic acids is 2. The van der Waals surface area contributed by atoms with Crippen LogP contribution >= 0.6 is 15.9 Å². The smallest absolute Gasteiger partial charge is 0.261 e. The molecule has 1 N–H and O–H groups in total. The van der Waals surface area contributed by atoms with Crippen molar-refractivity contribution in [2.75, 3.05) is 7.05 Å². The van der Waals surface area contributed by atoms with Crippen molar-refractivity contribution in [3.05, 3.63) is 63.9 Å². The van der Waals surface area contributed by atoms with Gasteiger partial charge >= 0.3 is 0 Å². The lowest BCUT2D eigenvalue weighted by Crippen LogP contribution is -2.36. The summed E-state index contributed by atoms with van der Waals surface area (Å²) in [5.41, 5.74) is 1.47. The molecule has 0 saturated carbocycles. The van der Waals surface area contributed by atoms with E-state index in [0.717, 1.165) is 5.56 Å². The molecule has 7 heteroatoms. The average molecular weight is 451 g/mol. The van der Waals surface area contributed by atoms with E-state index in [1.54, 1.807) is 31.0 Å². The zero-order valence-electron chi connectivity index (χ0n) is 16.3. The van der Waals surface area contributed by atoms with Crippen LogP contribution in [0.3, 0.4) is 0 Å². The van der Waals surface area contributed by atoms with E-state index >= 15 is 0 Å². The van der Waals surface area contributed by atoms with Gasteiger partial charge in [0.05, 0.1) is 4.47 Å². The van der Waals surface area contributed by atoms with Crippen LogP contribution in [0.1, 0.15) is 36.7 Å². The number of nitrogens with one attached hydrogen (secondary N) is 1. The van der Waals surface area contributed by atoms with Gasteiger partial charge in [-0.2, -0.15) is 0 Å². The monoisotopic (exact) mass is 450 g/mol. The molecule has 2 aromatic carbocycles. The Bertz CT molecular complexity index is 840. The van der Waals surface area contributed by atoms with E-state index in [4.69, 9.17) is 4.74 Å².